The van der Waals surface area contributed by atoms with Crippen molar-refractivity contribution < 1.29 is 19.1 Å². The summed E-state index contributed by atoms with van der Waals surface area (Å²) in [6.07, 6.45) is 6.84. The van der Waals surface area contributed by atoms with Crippen molar-refractivity contribution in [1.29, 1.82) is 0 Å². The van der Waals surface area contributed by atoms with Crippen LogP contribution in [0.2, 0.25) is 0 Å². The Labute approximate surface area is 238 Å². The lowest BCUT2D eigenvalue weighted by Crippen LogP contribution is -2.39. The minimum atomic E-state index is -0.399. The number of nitrogens with zero attached hydrogens (tertiary/aromatic N) is 2. The highest BCUT2D eigenvalue weighted by atomic mass is 32.1. The summed E-state index contributed by atoms with van der Waals surface area (Å²) >= 11 is 1.65. The summed E-state index contributed by atoms with van der Waals surface area (Å²) in [5, 5.41) is 9.13. The summed E-state index contributed by atoms with van der Waals surface area (Å²) in [5.74, 6) is -0.233. The number of carbonyl (C=O) groups is 3. The molecule has 3 aromatic rings. The Morgan fingerprint density at radius 3 is 2.40 bits per heavy atom. The summed E-state index contributed by atoms with van der Waals surface area (Å²) in [6, 6.07) is 13.6. The van der Waals surface area contributed by atoms with Gasteiger partial charge in [0.15, 0.2) is 0 Å². The van der Waals surface area contributed by atoms with Crippen LogP contribution in [-0.4, -0.2) is 35.7 Å². The maximum Gasteiger partial charge on any atom is 0.341 e. The second-order valence-corrected chi connectivity index (χ2v) is 11.2. The van der Waals surface area contributed by atoms with Gasteiger partial charge in [0.1, 0.15) is 5.01 Å². The number of hydrogen-bond acceptors (Lipinski definition) is 6. The number of hydrogen-bond donors (Lipinski definition) is 2. The Hall–Kier alpha value is -3.85. The summed E-state index contributed by atoms with van der Waals surface area (Å²) in [5.41, 5.74) is 4.75. The van der Waals surface area contributed by atoms with E-state index < -0.39 is 5.97 Å². The van der Waals surface area contributed by atoms with Crippen molar-refractivity contribution in [3.63, 3.8) is 0 Å². The first-order valence-corrected chi connectivity index (χ1v) is 14.7. The molecule has 1 aliphatic carbocycles. The van der Waals surface area contributed by atoms with Crippen LogP contribution in [0.5, 0.6) is 0 Å². The summed E-state index contributed by atoms with van der Waals surface area (Å²) in [7, 11) is 1.34. The average Bonchev–Trinajstić information content (AvgIpc) is 3.49. The van der Waals surface area contributed by atoms with Gasteiger partial charge in [0.25, 0.3) is 5.91 Å². The second-order valence-electron chi connectivity index (χ2n) is 10.3. The molecule has 8 nitrogen and oxygen atoms in total. The van der Waals surface area contributed by atoms with E-state index in [9.17, 15) is 14.4 Å². The number of ether oxygens (including phenoxy) is 1. The molecule has 2 unspecified atom stereocenters. The van der Waals surface area contributed by atoms with Crippen molar-refractivity contribution in [1.82, 2.24) is 15.6 Å². The molecule has 208 valence electrons. The van der Waals surface area contributed by atoms with E-state index in [-0.39, 0.29) is 23.9 Å². The van der Waals surface area contributed by atoms with Crippen LogP contribution in [0.3, 0.4) is 0 Å². The highest BCUT2D eigenvalue weighted by Crippen LogP contribution is 2.40. The molecule has 1 fully saturated rings. The molecule has 3 amide bonds. The van der Waals surface area contributed by atoms with Gasteiger partial charge in [-0.1, -0.05) is 50.5 Å². The minimum Gasteiger partial charge on any atom is -0.465 e. The van der Waals surface area contributed by atoms with Crippen LogP contribution < -0.4 is 10.6 Å². The molecule has 1 aliphatic heterocycles. The molecule has 0 bridgehead atoms. The smallest absolute Gasteiger partial charge is 0.341 e. The number of aromatic nitrogens is 1. The van der Waals surface area contributed by atoms with E-state index >= 15 is 0 Å². The summed E-state index contributed by atoms with van der Waals surface area (Å²) in [4.78, 5) is 46.3. The second kappa shape index (κ2) is 12.6. The fourth-order valence-electron chi connectivity index (χ4n) is 5.53. The monoisotopic (exact) mass is 558 g/mol. The Bertz CT molecular complexity index is 1390. The van der Waals surface area contributed by atoms with E-state index in [2.05, 4.69) is 21.0 Å². The lowest BCUT2D eigenvalue weighted by molar-refractivity contribution is 0.0600. The van der Waals surface area contributed by atoms with Crippen LogP contribution in [-0.2, 0) is 11.3 Å². The lowest BCUT2D eigenvalue weighted by Gasteiger charge is -2.31. The first-order chi connectivity index (χ1) is 19.5. The maximum absolute atomic E-state index is 12.8. The third kappa shape index (κ3) is 6.14. The van der Waals surface area contributed by atoms with Gasteiger partial charge in [-0.3, -0.25) is 4.79 Å². The molecule has 1 saturated carbocycles. The summed E-state index contributed by atoms with van der Waals surface area (Å²) < 4.78 is 4.72. The fraction of sp³-hybridized carbons (Fsp3) is 0.387. The molecule has 40 heavy (non-hydrogen) atoms. The number of aliphatic imine (C=N–C) groups is 1. The normalized spacial score (nSPS) is 19.4. The molecule has 2 N–H and O–H groups in total. The van der Waals surface area contributed by atoms with E-state index in [0.29, 0.717) is 30.0 Å². The van der Waals surface area contributed by atoms with Crippen molar-refractivity contribution in [3.8, 4) is 0 Å². The highest BCUT2D eigenvalue weighted by Gasteiger charge is 2.36. The highest BCUT2D eigenvalue weighted by molar-refractivity contribution is 7.09. The molecule has 2 heterocycles. The number of nitrogens with one attached hydrogen (secondary N) is 2. The van der Waals surface area contributed by atoms with Gasteiger partial charge in [0, 0.05) is 29.1 Å². The first-order valence-electron chi connectivity index (χ1n) is 13.9. The number of amides is 3. The summed E-state index contributed by atoms with van der Waals surface area (Å²) in [6.45, 7) is 2.35. The van der Waals surface area contributed by atoms with Gasteiger partial charge in [0.05, 0.1) is 30.3 Å². The number of urea groups is 1. The number of rotatable bonds is 8. The molecular formula is C31H34N4O4S. The SMILES string of the molecule is CCC1=NC(=O)NC(c2ccc(C(=O)NCc3ccc(C(=O)OC)cc3)cc2)C1c1nc(C2CCCCC2)cs1. The maximum atomic E-state index is 12.8. The fourth-order valence-corrected chi connectivity index (χ4v) is 6.60. The van der Waals surface area contributed by atoms with Gasteiger partial charge in [0.2, 0.25) is 0 Å². The molecule has 0 saturated heterocycles. The number of carbonyl (C=O) groups excluding carboxylic acids is 3. The molecule has 2 aromatic carbocycles. The van der Waals surface area contributed by atoms with E-state index in [1.807, 2.05) is 19.1 Å². The van der Waals surface area contributed by atoms with Gasteiger partial charge in [-0.05, 0) is 54.7 Å². The van der Waals surface area contributed by atoms with Crippen molar-refractivity contribution in [3.05, 3.63) is 86.9 Å². The van der Waals surface area contributed by atoms with E-state index in [1.165, 1.54) is 39.2 Å². The molecule has 9 heteroatoms. The number of benzene rings is 2. The zero-order valence-electron chi connectivity index (χ0n) is 22.8. The lowest BCUT2D eigenvalue weighted by atomic mass is 9.86. The molecule has 2 atom stereocenters. The Balaban J connectivity index is 1.30. The third-order valence-corrected chi connectivity index (χ3v) is 8.71. The number of methoxy groups -OCH3 is 1. The minimum absolute atomic E-state index is 0.141. The van der Waals surface area contributed by atoms with Crippen LogP contribution >= 0.6 is 11.3 Å². The molecule has 0 radical (unpaired) electrons. The molecule has 2 aliphatic rings. The largest absolute Gasteiger partial charge is 0.465 e. The van der Waals surface area contributed by atoms with E-state index in [4.69, 9.17) is 9.72 Å². The van der Waals surface area contributed by atoms with Gasteiger partial charge in [-0.25, -0.2) is 19.6 Å². The van der Waals surface area contributed by atoms with Crippen molar-refractivity contribution >= 4 is 35.0 Å². The Morgan fingerprint density at radius 2 is 1.73 bits per heavy atom. The van der Waals surface area contributed by atoms with E-state index in [0.717, 1.165) is 27.5 Å². The van der Waals surface area contributed by atoms with Crippen LogP contribution in [0, 0.1) is 0 Å². The topological polar surface area (TPSA) is 110 Å². The van der Waals surface area contributed by atoms with Crippen molar-refractivity contribution in [2.45, 2.75) is 69.9 Å². The van der Waals surface area contributed by atoms with Gasteiger partial charge < -0.3 is 15.4 Å². The van der Waals surface area contributed by atoms with Crippen LogP contribution in [0.4, 0.5) is 4.79 Å². The zero-order chi connectivity index (χ0) is 28.1. The van der Waals surface area contributed by atoms with Crippen LogP contribution in [0.25, 0.3) is 0 Å². The Kier molecular flexibility index (Phi) is 8.69. The zero-order valence-corrected chi connectivity index (χ0v) is 23.6. The molecule has 5 rings (SSSR count). The van der Waals surface area contributed by atoms with Gasteiger partial charge >= 0.3 is 12.0 Å². The number of thiazole rings is 1. The van der Waals surface area contributed by atoms with Crippen LogP contribution in [0.15, 0.2) is 58.9 Å². The van der Waals surface area contributed by atoms with Gasteiger partial charge in [-0.2, -0.15) is 0 Å². The van der Waals surface area contributed by atoms with E-state index in [1.54, 1.807) is 47.7 Å². The molecular weight excluding hydrogens is 524 g/mol. The molecule has 0 spiro atoms. The van der Waals surface area contributed by atoms with Gasteiger partial charge in [-0.15, -0.1) is 11.3 Å². The van der Waals surface area contributed by atoms with Crippen LogP contribution in [0.1, 0.15) is 106 Å². The quantitative estimate of drug-likeness (QED) is 0.315. The first kappa shape index (κ1) is 27.7. The Morgan fingerprint density at radius 1 is 1.02 bits per heavy atom. The number of esters is 1. The average molecular weight is 559 g/mol. The van der Waals surface area contributed by atoms with Crippen molar-refractivity contribution in [2.75, 3.05) is 7.11 Å². The van der Waals surface area contributed by atoms with Crippen molar-refractivity contribution in [2.24, 2.45) is 4.99 Å². The standard InChI is InChI=1S/C31H34N4O4S/c1-3-24-26(29-33-25(18-40-29)20-7-5-4-6-8-20)27(35-31(38)34-24)21-13-15-22(16-14-21)28(36)32-17-19-9-11-23(12-10-19)30(37)39-2/h9-16,18,20,26-27H,3-8,17H2,1-2H3,(H,32,36)(H,35,38). The molecule has 1 aromatic heterocycles. The third-order valence-electron chi connectivity index (χ3n) is 7.77. The predicted molar refractivity (Wildman–Crippen MR) is 155 cm³/mol. The predicted octanol–water partition coefficient (Wildman–Crippen LogP) is 6.31.